The van der Waals surface area contributed by atoms with Gasteiger partial charge in [-0.15, -0.1) is 0 Å². The first-order valence-corrected chi connectivity index (χ1v) is 14.3. The third-order valence-electron chi connectivity index (χ3n) is 8.31. The van der Waals surface area contributed by atoms with Crippen LogP contribution in [0.1, 0.15) is 55.3 Å². The maximum Gasteiger partial charge on any atom is 0.128 e. The molecule has 202 valence electrons. The fraction of sp³-hybridized carbons (Fsp3) is 0.355. The minimum Gasteiger partial charge on any atom is -0.386 e. The van der Waals surface area contributed by atoms with Crippen LogP contribution < -0.4 is 0 Å². The van der Waals surface area contributed by atoms with Gasteiger partial charge in [-0.05, 0) is 62.8 Å². The molecular formula is C31H36B3N3O3. The Labute approximate surface area is 238 Å². The molecule has 1 aliphatic rings. The summed E-state index contributed by atoms with van der Waals surface area (Å²) in [5.74, 6) is 1.26. The number of benzene rings is 2. The molecule has 1 fully saturated rings. The van der Waals surface area contributed by atoms with Gasteiger partial charge in [0.15, 0.2) is 0 Å². The molecule has 9 heteroatoms. The summed E-state index contributed by atoms with van der Waals surface area (Å²) >= 11 is 0. The van der Waals surface area contributed by atoms with E-state index in [-0.39, 0.29) is 11.2 Å². The minimum absolute atomic E-state index is 0.0878. The fourth-order valence-electron chi connectivity index (χ4n) is 6.26. The molecule has 3 aromatic heterocycles. The van der Waals surface area contributed by atoms with Gasteiger partial charge >= 0.3 is 0 Å². The monoisotopic (exact) mass is 531 g/mol. The summed E-state index contributed by atoms with van der Waals surface area (Å²) in [5.41, 5.74) is 7.18. The highest BCUT2D eigenvalue weighted by atomic mass is 16.5. The number of aromatic nitrogens is 3. The van der Waals surface area contributed by atoms with Gasteiger partial charge in [0.2, 0.25) is 0 Å². The average Bonchev–Trinajstić information content (AvgIpc) is 3.47. The summed E-state index contributed by atoms with van der Waals surface area (Å²) in [6.07, 6.45) is 3.92. The van der Waals surface area contributed by atoms with Crippen LogP contribution in [0.5, 0.6) is 0 Å². The predicted octanol–water partition coefficient (Wildman–Crippen LogP) is 3.41. The summed E-state index contributed by atoms with van der Waals surface area (Å²) in [6.45, 7) is 7.20. The van der Waals surface area contributed by atoms with Gasteiger partial charge in [-0.1, -0.05) is 52.7 Å². The van der Waals surface area contributed by atoms with Gasteiger partial charge < -0.3 is 18.9 Å². The van der Waals surface area contributed by atoms with Gasteiger partial charge in [0, 0.05) is 35.9 Å². The second-order valence-corrected chi connectivity index (χ2v) is 12.8. The van der Waals surface area contributed by atoms with Crippen molar-refractivity contribution in [2.75, 3.05) is 13.2 Å². The summed E-state index contributed by atoms with van der Waals surface area (Å²) in [4.78, 5) is 5.09. The van der Waals surface area contributed by atoms with E-state index in [4.69, 9.17) is 14.2 Å². The van der Waals surface area contributed by atoms with Crippen LogP contribution in [-0.2, 0) is 15.5 Å². The molecule has 1 aliphatic heterocycles. The van der Waals surface area contributed by atoms with E-state index in [0.717, 1.165) is 76.1 Å². The molecule has 0 aliphatic carbocycles. The van der Waals surface area contributed by atoms with Crippen LogP contribution in [0.4, 0.5) is 0 Å². The zero-order chi connectivity index (χ0) is 28.2. The van der Waals surface area contributed by atoms with Gasteiger partial charge in [0.1, 0.15) is 5.76 Å². The number of fused-ring (bicyclic) bond motifs is 3. The van der Waals surface area contributed by atoms with Crippen LogP contribution in [0.15, 0.2) is 65.3 Å². The van der Waals surface area contributed by atoms with E-state index in [2.05, 4.69) is 81.8 Å². The second-order valence-electron chi connectivity index (χ2n) is 12.8. The topological polar surface area (TPSA) is 73.3 Å². The predicted molar refractivity (Wildman–Crippen MR) is 168 cm³/mol. The van der Waals surface area contributed by atoms with E-state index in [1.807, 2.05) is 33.0 Å². The number of hydrogen-bond acceptors (Lipinski definition) is 5. The molecule has 40 heavy (non-hydrogen) atoms. The van der Waals surface area contributed by atoms with E-state index < -0.39 is 5.60 Å². The molecule has 4 heterocycles. The molecule has 2 aromatic carbocycles. The quantitative estimate of drug-likeness (QED) is 0.341. The van der Waals surface area contributed by atoms with Gasteiger partial charge in [0.05, 0.1) is 57.4 Å². The standard InChI is InChI=1S/C31H36B3N3O3/c1-18-26(29(40-36-18)31(32,33)34)21-15-25-27(35-17-21)23-10-9-22(30(2,3)38)16-24(23)37(25)28(19-7-5-4-6-8-19)20-11-13-39-14-12-20/h4-10,15-17,20,28,38H,11-14,32-34H2,1-3H3/t28-/m1/s1. The maximum absolute atomic E-state index is 11.0. The van der Waals surface area contributed by atoms with E-state index in [1.165, 1.54) is 5.56 Å². The largest absolute Gasteiger partial charge is 0.386 e. The number of aliphatic hydroxyl groups is 1. The Kier molecular flexibility index (Phi) is 6.71. The van der Waals surface area contributed by atoms with E-state index in [0.29, 0.717) is 5.92 Å². The summed E-state index contributed by atoms with van der Waals surface area (Å²) in [5, 5.41) is 16.2. The van der Waals surface area contributed by atoms with Gasteiger partial charge in [-0.25, -0.2) is 0 Å². The Balaban J connectivity index is 1.69. The molecular weight excluding hydrogens is 495 g/mol. The molecule has 0 spiro atoms. The number of nitrogens with zero attached hydrogens (tertiary/aromatic N) is 3. The first-order valence-electron chi connectivity index (χ1n) is 14.3. The molecule has 0 saturated carbocycles. The second kappa shape index (κ2) is 9.97. The van der Waals surface area contributed by atoms with Gasteiger partial charge in [0.25, 0.3) is 0 Å². The lowest BCUT2D eigenvalue weighted by Gasteiger charge is -2.33. The van der Waals surface area contributed by atoms with Crippen molar-refractivity contribution in [1.82, 2.24) is 14.7 Å². The van der Waals surface area contributed by atoms with Crippen LogP contribution in [-0.4, -0.2) is 56.6 Å². The van der Waals surface area contributed by atoms with Crippen LogP contribution >= 0.6 is 0 Å². The number of pyridine rings is 1. The number of rotatable bonds is 6. The highest BCUT2D eigenvalue weighted by Crippen LogP contribution is 2.42. The lowest BCUT2D eigenvalue weighted by atomic mass is 9.41. The maximum atomic E-state index is 11.0. The Morgan fingerprint density at radius 3 is 2.40 bits per heavy atom. The van der Waals surface area contributed by atoms with Gasteiger partial charge in [-0.3, -0.25) is 4.98 Å². The van der Waals surface area contributed by atoms with Gasteiger partial charge in [-0.2, -0.15) is 0 Å². The van der Waals surface area contributed by atoms with Crippen LogP contribution in [0.25, 0.3) is 33.1 Å². The third kappa shape index (κ3) is 4.69. The first-order chi connectivity index (χ1) is 19.0. The summed E-state index contributed by atoms with van der Waals surface area (Å²) < 4.78 is 14.1. The van der Waals surface area contributed by atoms with Crippen molar-refractivity contribution in [1.29, 1.82) is 0 Å². The van der Waals surface area contributed by atoms with Crippen LogP contribution in [0.3, 0.4) is 0 Å². The number of ether oxygens (including phenoxy) is 1. The SMILES string of the molecule is BC(B)(B)c1onc(C)c1-c1cnc2c3ccc(C(C)(C)O)cc3n([C@H](c3ccccc3)C3CCOCC3)c2c1. The molecule has 0 unspecified atom stereocenters. The Bertz CT molecular complexity index is 1680. The summed E-state index contributed by atoms with van der Waals surface area (Å²) in [7, 11) is 6.44. The Morgan fingerprint density at radius 1 is 1.00 bits per heavy atom. The van der Waals surface area contributed by atoms with Crippen LogP contribution in [0, 0.1) is 12.8 Å². The lowest BCUT2D eigenvalue weighted by molar-refractivity contribution is 0.0552. The van der Waals surface area contributed by atoms with Crippen molar-refractivity contribution in [3.8, 4) is 11.1 Å². The first kappa shape index (κ1) is 26.9. The molecule has 6 rings (SSSR count). The fourth-order valence-corrected chi connectivity index (χ4v) is 6.26. The molecule has 1 N–H and O–H groups in total. The van der Waals surface area contributed by atoms with E-state index in [1.54, 1.807) is 0 Å². The Morgan fingerprint density at radius 2 is 1.73 bits per heavy atom. The third-order valence-corrected chi connectivity index (χ3v) is 8.31. The normalized spacial score (nSPS) is 16.1. The Hall–Kier alpha value is -3.29. The molecule has 0 radical (unpaired) electrons. The van der Waals surface area contributed by atoms with E-state index in [9.17, 15) is 5.11 Å². The molecule has 6 nitrogen and oxygen atoms in total. The average molecular weight is 531 g/mol. The van der Waals surface area contributed by atoms with Crippen molar-refractivity contribution in [3.05, 3.63) is 83.4 Å². The lowest BCUT2D eigenvalue weighted by Crippen LogP contribution is -2.27. The highest BCUT2D eigenvalue weighted by molar-refractivity contribution is 6.59. The molecule has 1 atom stereocenters. The molecule has 0 amide bonds. The minimum atomic E-state index is -0.962. The molecule has 0 bridgehead atoms. The zero-order valence-corrected chi connectivity index (χ0v) is 24.4. The van der Waals surface area contributed by atoms with Crippen LogP contribution in [0.2, 0.25) is 0 Å². The van der Waals surface area contributed by atoms with Crippen molar-refractivity contribution in [2.45, 2.75) is 50.4 Å². The molecule has 1 saturated heterocycles. The number of hydrogen-bond donors (Lipinski definition) is 1. The van der Waals surface area contributed by atoms with E-state index >= 15 is 0 Å². The smallest absolute Gasteiger partial charge is 0.128 e. The van der Waals surface area contributed by atoms with Crippen molar-refractivity contribution < 1.29 is 14.4 Å². The highest BCUT2D eigenvalue weighted by Gasteiger charge is 2.32. The number of aryl methyl sites for hydroxylation is 1. The summed E-state index contributed by atoms with van der Waals surface area (Å²) in [6, 6.07) is 19.4. The zero-order valence-electron chi connectivity index (χ0n) is 24.4. The van der Waals surface area contributed by atoms with Crippen molar-refractivity contribution in [2.24, 2.45) is 5.92 Å². The van der Waals surface area contributed by atoms with Crippen molar-refractivity contribution >= 4 is 45.5 Å². The van der Waals surface area contributed by atoms with Crippen molar-refractivity contribution in [3.63, 3.8) is 0 Å². The molecule has 5 aromatic rings.